The van der Waals surface area contributed by atoms with Crippen LogP contribution in [0.1, 0.15) is 18.4 Å². The third-order valence-electron chi connectivity index (χ3n) is 3.57. The van der Waals surface area contributed by atoms with Crippen molar-refractivity contribution in [2.75, 3.05) is 38.3 Å². The number of nitrogens with zero attached hydrogens (tertiary/aromatic N) is 1. The van der Waals surface area contributed by atoms with E-state index >= 15 is 0 Å². The molecule has 1 saturated heterocycles. The number of nitro benzene ring substituents is 1. The molecule has 1 atom stereocenters. The first-order valence-electron chi connectivity index (χ1n) is 7.31. The minimum absolute atomic E-state index is 0.155. The van der Waals surface area contributed by atoms with E-state index in [1.165, 1.54) is 6.07 Å². The summed E-state index contributed by atoms with van der Waals surface area (Å²) in [4.78, 5) is 10.4. The Balaban J connectivity index is 1.62. The van der Waals surface area contributed by atoms with Crippen LogP contribution in [0.5, 0.6) is 0 Å². The SMILES string of the molecule is Cc1cc(NCCCOCC2CCOC2)ccc1[N+](=O)[O-]. The van der Waals surface area contributed by atoms with Gasteiger partial charge in [-0.1, -0.05) is 0 Å². The van der Waals surface area contributed by atoms with Crippen molar-refractivity contribution in [2.24, 2.45) is 5.92 Å². The highest BCUT2D eigenvalue weighted by Gasteiger charge is 2.15. The maximum absolute atomic E-state index is 10.7. The molecule has 6 nitrogen and oxygen atoms in total. The van der Waals surface area contributed by atoms with Crippen LogP contribution in [-0.4, -0.2) is 37.9 Å². The van der Waals surface area contributed by atoms with E-state index in [0.717, 1.165) is 51.5 Å². The summed E-state index contributed by atoms with van der Waals surface area (Å²) < 4.78 is 10.9. The van der Waals surface area contributed by atoms with Gasteiger partial charge in [0.2, 0.25) is 0 Å². The monoisotopic (exact) mass is 294 g/mol. The minimum atomic E-state index is -0.361. The molecule has 0 radical (unpaired) electrons. The normalized spacial score (nSPS) is 17.9. The van der Waals surface area contributed by atoms with Gasteiger partial charge in [-0.3, -0.25) is 10.1 Å². The lowest BCUT2D eigenvalue weighted by Crippen LogP contribution is -2.12. The van der Waals surface area contributed by atoms with Gasteiger partial charge < -0.3 is 14.8 Å². The Labute approximate surface area is 124 Å². The third kappa shape index (κ3) is 4.99. The van der Waals surface area contributed by atoms with E-state index in [4.69, 9.17) is 9.47 Å². The highest BCUT2D eigenvalue weighted by Crippen LogP contribution is 2.21. The summed E-state index contributed by atoms with van der Waals surface area (Å²) in [6, 6.07) is 5.07. The fourth-order valence-electron chi connectivity index (χ4n) is 2.34. The Morgan fingerprint density at radius 3 is 3.05 bits per heavy atom. The van der Waals surface area contributed by atoms with Crippen molar-refractivity contribution in [3.05, 3.63) is 33.9 Å². The van der Waals surface area contributed by atoms with Gasteiger partial charge in [0, 0.05) is 43.0 Å². The van der Waals surface area contributed by atoms with Crippen LogP contribution in [0.2, 0.25) is 0 Å². The van der Waals surface area contributed by atoms with E-state index in [9.17, 15) is 10.1 Å². The molecule has 1 heterocycles. The van der Waals surface area contributed by atoms with Gasteiger partial charge >= 0.3 is 0 Å². The number of hydrogen-bond donors (Lipinski definition) is 1. The smallest absolute Gasteiger partial charge is 0.272 e. The number of nitrogens with one attached hydrogen (secondary N) is 1. The second-order valence-electron chi connectivity index (χ2n) is 5.34. The molecular formula is C15H22N2O4. The summed E-state index contributed by atoms with van der Waals surface area (Å²) in [6.07, 6.45) is 2.00. The Morgan fingerprint density at radius 2 is 2.38 bits per heavy atom. The van der Waals surface area contributed by atoms with Crippen molar-refractivity contribution >= 4 is 11.4 Å². The van der Waals surface area contributed by atoms with E-state index in [1.54, 1.807) is 19.1 Å². The molecule has 0 spiro atoms. The number of benzene rings is 1. The Morgan fingerprint density at radius 1 is 1.52 bits per heavy atom. The van der Waals surface area contributed by atoms with Crippen LogP contribution >= 0.6 is 0 Å². The second kappa shape index (κ2) is 7.95. The van der Waals surface area contributed by atoms with E-state index in [-0.39, 0.29) is 10.6 Å². The lowest BCUT2D eigenvalue weighted by Gasteiger charge is -2.10. The first-order valence-corrected chi connectivity index (χ1v) is 7.31. The second-order valence-corrected chi connectivity index (χ2v) is 5.34. The Hall–Kier alpha value is -1.66. The molecule has 1 fully saturated rings. The zero-order valence-electron chi connectivity index (χ0n) is 12.3. The molecule has 0 aliphatic carbocycles. The highest BCUT2D eigenvalue weighted by atomic mass is 16.6. The molecule has 116 valence electrons. The van der Waals surface area contributed by atoms with E-state index in [1.807, 2.05) is 0 Å². The maximum atomic E-state index is 10.7. The summed E-state index contributed by atoms with van der Waals surface area (Å²) >= 11 is 0. The molecule has 0 saturated carbocycles. The molecule has 1 aliphatic rings. The molecule has 6 heteroatoms. The molecule has 21 heavy (non-hydrogen) atoms. The summed E-state index contributed by atoms with van der Waals surface area (Å²) in [5.41, 5.74) is 1.73. The van der Waals surface area contributed by atoms with Crippen molar-refractivity contribution in [3.63, 3.8) is 0 Å². The largest absolute Gasteiger partial charge is 0.385 e. The summed E-state index contributed by atoms with van der Waals surface area (Å²) in [5.74, 6) is 0.551. The van der Waals surface area contributed by atoms with Crippen LogP contribution in [0.15, 0.2) is 18.2 Å². The van der Waals surface area contributed by atoms with Crippen LogP contribution in [0.25, 0.3) is 0 Å². The van der Waals surface area contributed by atoms with Gasteiger partial charge in [0.15, 0.2) is 0 Å². The van der Waals surface area contributed by atoms with Crippen molar-refractivity contribution in [2.45, 2.75) is 19.8 Å². The molecule has 0 bridgehead atoms. The van der Waals surface area contributed by atoms with Gasteiger partial charge in [-0.2, -0.15) is 0 Å². The molecule has 1 N–H and O–H groups in total. The lowest BCUT2D eigenvalue weighted by atomic mass is 10.1. The van der Waals surface area contributed by atoms with Crippen molar-refractivity contribution in [1.82, 2.24) is 0 Å². The molecule has 1 unspecified atom stereocenters. The van der Waals surface area contributed by atoms with E-state index < -0.39 is 0 Å². The van der Waals surface area contributed by atoms with Crippen LogP contribution < -0.4 is 5.32 Å². The molecule has 1 aliphatic heterocycles. The van der Waals surface area contributed by atoms with Crippen molar-refractivity contribution in [3.8, 4) is 0 Å². The summed E-state index contributed by atoms with van der Waals surface area (Å²) in [6.45, 7) is 5.70. The molecule has 1 aromatic rings. The van der Waals surface area contributed by atoms with Gasteiger partial charge in [-0.15, -0.1) is 0 Å². The van der Waals surface area contributed by atoms with Crippen molar-refractivity contribution in [1.29, 1.82) is 0 Å². The number of aryl methyl sites for hydroxylation is 1. The average Bonchev–Trinajstić information content (AvgIpc) is 2.95. The van der Waals surface area contributed by atoms with Crippen LogP contribution in [0.4, 0.5) is 11.4 Å². The summed E-state index contributed by atoms with van der Waals surface area (Å²) in [7, 11) is 0. The van der Waals surface area contributed by atoms with Gasteiger partial charge in [-0.05, 0) is 31.9 Å². The van der Waals surface area contributed by atoms with E-state index in [0.29, 0.717) is 11.5 Å². The fourth-order valence-corrected chi connectivity index (χ4v) is 2.34. The molecule has 2 rings (SSSR count). The molecular weight excluding hydrogens is 272 g/mol. The number of rotatable bonds is 8. The number of anilines is 1. The quantitative estimate of drug-likeness (QED) is 0.453. The van der Waals surface area contributed by atoms with Crippen LogP contribution in [0, 0.1) is 23.0 Å². The minimum Gasteiger partial charge on any atom is -0.385 e. The standard InChI is InChI=1S/C15H22N2O4/c1-12-9-14(3-4-15(12)17(18)19)16-6-2-7-20-10-13-5-8-21-11-13/h3-4,9,13,16H,2,5-8,10-11H2,1H3. The first-order chi connectivity index (χ1) is 10.2. The average molecular weight is 294 g/mol. The third-order valence-corrected chi connectivity index (χ3v) is 3.57. The van der Waals surface area contributed by atoms with Crippen molar-refractivity contribution < 1.29 is 14.4 Å². The molecule has 0 aromatic heterocycles. The predicted molar refractivity (Wildman–Crippen MR) is 80.7 cm³/mol. The maximum Gasteiger partial charge on any atom is 0.272 e. The van der Waals surface area contributed by atoms with E-state index in [2.05, 4.69) is 5.32 Å². The van der Waals surface area contributed by atoms with Gasteiger partial charge in [0.25, 0.3) is 5.69 Å². The first kappa shape index (κ1) is 15.7. The number of nitro groups is 1. The van der Waals surface area contributed by atoms with Gasteiger partial charge in [-0.25, -0.2) is 0 Å². The Kier molecular flexibility index (Phi) is 5.95. The number of ether oxygens (including phenoxy) is 2. The predicted octanol–water partition coefficient (Wildman–Crippen LogP) is 2.76. The van der Waals surface area contributed by atoms with Crippen LogP contribution in [-0.2, 0) is 9.47 Å². The summed E-state index contributed by atoms with van der Waals surface area (Å²) in [5, 5.41) is 14.0. The topological polar surface area (TPSA) is 73.6 Å². The van der Waals surface area contributed by atoms with Gasteiger partial charge in [0.05, 0.1) is 18.1 Å². The zero-order chi connectivity index (χ0) is 15.1. The molecule has 1 aromatic carbocycles. The Bertz CT molecular complexity index is 473. The highest BCUT2D eigenvalue weighted by molar-refractivity contribution is 5.53. The zero-order valence-corrected chi connectivity index (χ0v) is 12.3. The molecule has 0 amide bonds. The number of hydrogen-bond acceptors (Lipinski definition) is 5. The fraction of sp³-hybridized carbons (Fsp3) is 0.600. The van der Waals surface area contributed by atoms with Gasteiger partial charge in [0.1, 0.15) is 0 Å². The lowest BCUT2D eigenvalue weighted by molar-refractivity contribution is -0.385. The van der Waals surface area contributed by atoms with Crippen LogP contribution in [0.3, 0.4) is 0 Å².